The third-order valence-corrected chi connectivity index (χ3v) is 15.7. The van der Waals surface area contributed by atoms with Gasteiger partial charge in [-0.1, -0.05) is 17.9 Å². The van der Waals surface area contributed by atoms with E-state index in [4.69, 9.17) is 20.7 Å². The van der Waals surface area contributed by atoms with Crippen LogP contribution in [0.2, 0.25) is 0 Å². The van der Waals surface area contributed by atoms with Gasteiger partial charge in [-0.25, -0.2) is 19.9 Å². The number of nitrogen functional groups attached to an aromatic ring is 1. The number of aryl methyl sites for hydroxylation is 1. The number of likely N-dealkylation sites (tertiary alicyclic amines) is 1. The van der Waals surface area contributed by atoms with Crippen molar-refractivity contribution in [2.75, 3.05) is 94.0 Å². The second kappa shape index (κ2) is 25.0. The molecule has 9 heterocycles. The van der Waals surface area contributed by atoms with E-state index in [1.807, 2.05) is 65.3 Å². The first-order valence-electron chi connectivity index (χ1n) is 27.5. The summed E-state index contributed by atoms with van der Waals surface area (Å²) in [4.78, 5) is 93.2. The molecule has 0 bridgehead atoms. The quantitative estimate of drug-likeness (QED) is 0.0599. The van der Waals surface area contributed by atoms with Crippen molar-refractivity contribution < 1.29 is 28.4 Å². The molecule has 1 atom stereocenters. The van der Waals surface area contributed by atoms with Crippen LogP contribution in [0.3, 0.4) is 0 Å². The summed E-state index contributed by atoms with van der Waals surface area (Å²) < 4.78 is 13.6. The molecule has 81 heavy (non-hydrogen) atoms. The van der Waals surface area contributed by atoms with Crippen molar-refractivity contribution >= 4 is 64.1 Å². The molecule has 4 amide bonds. The number of carbonyl (C=O) groups is 5. The molecule has 0 spiro atoms. The number of amides is 4. The van der Waals surface area contributed by atoms with E-state index in [0.717, 1.165) is 121 Å². The van der Waals surface area contributed by atoms with Gasteiger partial charge in [-0.05, 0) is 112 Å². The van der Waals surface area contributed by atoms with Gasteiger partial charge in [0.25, 0.3) is 11.8 Å². The van der Waals surface area contributed by atoms with Crippen molar-refractivity contribution in [2.24, 2.45) is 5.92 Å². The lowest BCUT2D eigenvalue weighted by atomic mass is 9.93. The van der Waals surface area contributed by atoms with E-state index >= 15 is 0 Å². The van der Waals surface area contributed by atoms with Gasteiger partial charge in [-0.2, -0.15) is 5.10 Å². The van der Waals surface area contributed by atoms with Gasteiger partial charge in [0.2, 0.25) is 11.8 Å². The Hall–Kier alpha value is -9.03. The van der Waals surface area contributed by atoms with Crippen molar-refractivity contribution in [2.45, 2.75) is 64.1 Å². The first kappa shape index (κ1) is 55.3. The summed E-state index contributed by atoms with van der Waals surface area (Å²) in [6.45, 7) is 9.55. The molecular formula is C60H66FN15O5. The Balaban J connectivity index is 0.00000364. The highest BCUT2D eigenvalue weighted by Gasteiger charge is 2.44. The summed E-state index contributed by atoms with van der Waals surface area (Å²) in [6.07, 6.45) is 11.2. The minimum absolute atomic E-state index is 0.0201. The predicted octanol–water partition coefficient (Wildman–Crippen LogP) is 6.11. The summed E-state index contributed by atoms with van der Waals surface area (Å²) in [5, 5.41) is 10.5. The van der Waals surface area contributed by atoms with Crippen molar-refractivity contribution in [3.05, 3.63) is 132 Å². The number of piperidine rings is 2. The molecule has 5 aromatic heterocycles. The minimum Gasteiger partial charge on any atom is -0.384 e. The number of aldehydes is 1. The lowest BCUT2D eigenvalue weighted by Gasteiger charge is -2.37. The van der Waals surface area contributed by atoms with Crippen LogP contribution in [0.4, 0.5) is 27.4 Å². The number of pyridine rings is 3. The summed E-state index contributed by atoms with van der Waals surface area (Å²) in [5.74, 6) is 7.48. The molecule has 2 aromatic carbocycles. The van der Waals surface area contributed by atoms with E-state index < -0.39 is 23.8 Å². The topological polar surface area (TPSA) is 226 Å². The number of fused-ring (bicyclic) bond motifs is 2. The Labute approximate surface area is 469 Å². The van der Waals surface area contributed by atoms with Crippen LogP contribution in [0.15, 0.2) is 104 Å². The molecule has 418 valence electrons. The number of likely N-dealkylation sites (N-methyl/N-ethyl adjacent to an activating group) is 1. The average molecular weight is 1100 g/mol. The number of halogens is 1. The fraction of sp³-hybridized carbons (Fsp3) is 0.367. The number of carbonyl (C=O) groups excluding carboxylic acids is 5. The Morgan fingerprint density at radius 3 is 2.32 bits per heavy atom. The first-order chi connectivity index (χ1) is 39.5. The van der Waals surface area contributed by atoms with Crippen LogP contribution < -0.4 is 26.2 Å². The normalized spacial score (nSPS) is 16.3. The molecule has 20 nitrogen and oxygen atoms in total. The second-order valence-electron chi connectivity index (χ2n) is 20.6. The zero-order valence-electron chi connectivity index (χ0n) is 45.8. The van der Waals surface area contributed by atoms with Gasteiger partial charge in [-0.15, -0.1) is 0 Å². The summed E-state index contributed by atoms with van der Waals surface area (Å²) in [5.41, 5.74) is 14.2. The lowest BCUT2D eigenvalue weighted by molar-refractivity contribution is -0.137. The number of anilines is 4. The van der Waals surface area contributed by atoms with Gasteiger partial charge in [-0.3, -0.25) is 42.6 Å². The van der Waals surface area contributed by atoms with Crippen LogP contribution in [0.5, 0.6) is 0 Å². The molecule has 7 aromatic rings. The number of imidazole rings is 1. The van der Waals surface area contributed by atoms with Crippen LogP contribution in [0.25, 0.3) is 28.1 Å². The maximum atomic E-state index is 13.8. The molecule has 0 saturated carbocycles. The minimum atomic E-state index is -1.09. The van der Waals surface area contributed by atoms with E-state index in [9.17, 15) is 28.4 Å². The highest BCUT2D eigenvalue weighted by Crippen LogP contribution is 2.34. The highest BCUT2D eigenvalue weighted by atomic mass is 19.1. The number of aromatic nitrogens is 7. The van der Waals surface area contributed by atoms with Gasteiger partial charge in [0.1, 0.15) is 35.3 Å². The van der Waals surface area contributed by atoms with Crippen molar-refractivity contribution in [1.29, 1.82) is 0 Å². The molecule has 11 rings (SSSR count). The predicted molar refractivity (Wildman–Crippen MR) is 307 cm³/mol. The molecule has 0 aliphatic carbocycles. The van der Waals surface area contributed by atoms with Gasteiger partial charge >= 0.3 is 0 Å². The number of nitrogens with two attached hydrogens (primary N) is 1. The van der Waals surface area contributed by atoms with Gasteiger partial charge in [0, 0.05) is 131 Å². The maximum absolute atomic E-state index is 13.8. The third kappa shape index (κ3) is 12.0. The number of imide groups is 1. The van der Waals surface area contributed by atoms with Gasteiger partial charge in [0.05, 0.1) is 42.8 Å². The highest BCUT2D eigenvalue weighted by molar-refractivity contribution is 6.25. The molecule has 0 radical (unpaired) electrons. The van der Waals surface area contributed by atoms with Crippen LogP contribution >= 0.6 is 0 Å². The zero-order valence-corrected chi connectivity index (χ0v) is 45.8. The average Bonchev–Trinajstić information content (AvgIpc) is 4.38. The van der Waals surface area contributed by atoms with Crippen LogP contribution in [-0.2, 0) is 20.9 Å². The number of rotatable bonds is 15. The number of benzene rings is 2. The molecule has 4 aliphatic rings. The number of hydrogen-bond donors (Lipinski definition) is 3. The van der Waals surface area contributed by atoms with Crippen LogP contribution in [-0.4, -0.2) is 158 Å². The first-order valence-corrected chi connectivity index (χ1v) is 27.5. The second-order valence-corrected chi connectivity index (χ2v) is 20.6. The van der Waals surface area contributed by atoms with Crippen molar-refractivity contribution in [3.8, 4) is 28.8 Å². The molecule has 1 unspecified atom stereocenters. The number of nitrogens with one attached hydrogen (secondary N) is 2. The lowest BCUT2D eigenvalue weighted by Crippen LogP contribution is -2.48. The molecule has 4 N–H and O–H groups in total. The SMILES string of the molecule is CF.CNC(=O)C(CCC=O)N1C(=O)c2cccc(NCc3cnn(C4CCN(C(=O)C5CCN(c6ccc(C#CCN7CCN(c8ccc(-n9c(C)nc%10ccc(-c%11ccnc(N)c%11)nc%109)cc8)CC7)cn6)CC5)CC4)c3)c2C1=O. The van der Waals surface area contributed by atoms with Crippen LogP contribution in [0, 0.1) is 24.7 Å². The Kier molecular flexibility index (Phi) is 17.0. The maximum Gasteiger partial charge on any atom is 0.264 e. The fourth-order valence-corrected chi connectivity index (χ4v) is 11.4. The van der Waals surface area contributed by atoms with Crippen molar-refractivity contribution in [1.82, 2.24) is 54.3 Å². The Morgan fingerprint density at radius 1 is 0.840 bits per heavy atom. The summed E-state index contributed by atoms with van der Waals surface area (Å²) in [6, 6.07) is 24.5. The Bertz CT molecular complexity index is 3480. The molecular weight excluding hydrogens is 1030 g/mol. The molecule has 21 heteroatoms. The van der Waals surface area contributed by atoms with Gasteiger partial charge < -0.3 is 35.9 Å². The van der Waals surface area contributed by atoms with Crippen LogP contribution in [0.1, 0.15) is 82.2 Å². The number of hydrogen-bond acceptors (Lipinski definition) is 15. The standard InChI is InChI=1S/C59H63N15O5.CH3F/c1-39-66-50-16-15-48(43-18-23-62-52(60)34-43)67-55(50)73(39)46-13-11-44(12-14-46)69-31-29-68(30-32-69)24-4-6-40-10-17-53(64-35-40)70-25-19-42(20-26-70)57(77)71-27-21-45(22-28-71)72-38-41(37-65-72)36-63-49-8-3-7-47-54(49)59(79)74(58(47)78)51(9-5-33-75)56(76)61-2;1-2/h3,7-8,10-18,23,33-35,37-38,42,45,51,63H,5,9,19-22,24-32,36H2,1-2H3,(H2,60,62)(H,61,76);1H3. The molecule has 4 aliphatic heterocycles. The summed E-state index contributed by atoms with van der Waals surface area (Å²) >= 11 is 0. The zero-order chi connectivity index (χ0) is 56.6. The third-order valence-electron chi connectivity index (χ3n) is 15.7. The smallest absolute Gasteiger partial charge is 0.264 e. The number of nitrogens with zero attached hydrogens (tertiary/aromatic N) is 12. The molecule has 3 saturated heterocycles. The summed E-state index contributed by atoms with van der Waals surface area (Å²) in [7, 11) is 1.93. The largest absolute Gasteiger partial charge is 0.384 e. The van der Waals surface area contributed by atoms with E-state index in [1.54, 1.807) is 30.6 Å². The van der Waals surface area contributed by atoms with E-state index in [2.05, 4.69) is 76.1 Å². The number of alkyl halides is 1. The van der Waals surface area contributed by atoms with E-state index in [0.29, 0.717) is 51.1 Å². The molecule has 3 fully saturated rings. The monoisotopic (exact) mass is 1100 g/mol. The Morgan fingerprint density at radius 2 is 1.60 bits per heavy atom. The number of piperazine rings is 1. The van der Waals surface area contributed by atoms with Crippen molar-refractivity contribution in [3.63, 3.8) is 0 Å². The van der Waals surface area contributed by atoms with Gasteiger partial charge in [0.15, 0.2) is 5.65 Å². The van der Waals surface area contributed by atoms with E-state index in [1.165, 1.54) is 12.7 Å². The fourth-order valence-electron chi connectivity index (χ4n) is 11.4. The van der Waals surface area contributed by atoms with E-state index in [-0.39, 0.29) is 41.8 Å².